The van der Waals surface area contributed by atoms with Gasteiger partial charge in [-0.25, -0.2) is 0 Å². The molecule has 2 N–H and O–H groups in total. The molecule has 1 heterocycles. The van der Waals surface area contributed by atoms with Crippen LogP contribution >= 0.6 is 15.9 Å². The fourth-order valence-corrected chi connectivity index (χ4v) is 2.70. The third-order valence-electron chi connectivity index (χ3n) is 3.18. The molecule has 1 aliphatic heterocycles. The Kier molecular flexibility index (Phi) is 3.87. The summed E-state index contributed by atoms with van der Waals surface area (Å²) in [7, 11) is 0. The van der Waals surface area contributed by atoms with Crippen molar-refractivity contribution in [3.63, 3.8) is 0 Å². The molecule has 1 aromatic rings. The smallest absolute Gasteiger partial charge is 0.0367 e. The van der Waals surface area contributed by atoms with E-state index in [0.29, 0.717) is 6.04 Å². The first-order valence-corrected chi connectivity index (χ1v) is 6.70. The molecule has 16 heavy (non-hydrogen) atoms. The monoisotopic (exact) mass is 282 g/mol. The average molecular weight is 283 g/mol. The Morgan fingerprint density at radius 2 is 2.12 bits per heavy atom. The first kappa shape index (κ1) is 11.9. The normalized spacial score (nSPS) is 22.4. The van der Waals surface area contributed by atoms with Crippen LogP contribution in [0.3, 0.4) is 0 Å². The summed E-state index contributed by atoms with van der Waals surface area (Å²) in [6.45, 7) is 4.42. The van der Waals surface area contributed by atoms with E-state index in [0.717, 1.165) is 23.4 Å². The minimum Gasteiger partial charge on any atom is -0.371 e. The largest absolute Gasteiger partial charge is 0.371 e. The van der Waals surface area contributed by atoms with Gasteiger partial charge in [0.1, 0.15) is 0 Å². The summed E-state index contributed by atoms with van der Waals surface area (Å²) in [5.74, 6) is 0.767. The molecule has 0 aliphatic carbocycles. The van der Waals surface area contributed by atoms with Gasteiger partial charge in [-0.15, -0.1) is 0 Å². The third-order valence-corrected chi connectivity index (χ3v) is 3.71. The van der Waals surface area contributed by atoms with Crippen LogP contribution in [0.4, 0.5) is 5.69 Å². The average Bonchev–Trinajstić information content (AvgIpc) is 2.66. The quantitative estimate of drug-likeness (QED) is 0.924. The van der Waals surface area contributed by atoms with Gasteiger partial charge in [0.25, 0.3) is 0 Å². The molecule has 1 aromatic carbocycles. The van der Waals surface area contributed by atoms with Crippen LogP contribution in [0.25, 0.3) is 0 Å². The van der Waals surface area contributed by atoms with Gasteiger partial charge in [0, 0.05) is 29.3 Å². The topological polar surface area (TPSA) is 29.3 Å². The molecule has 2 nitrogen and oxygen atoms in total. The van der Waals surface area contributed by atoms with Crippen molar-refractivity contribution < 1.29 is 0 Å². The fourth-order valence-electron chi connectivity index (χ4n) is 2.44. The SMILES string of the molecule is CC(N)CC1CCN(c2ccc(Br)cc2)C1. The van der Waals surface area contributed by atoms with Crippen molar-refractivity contribution in [1.29, 1.82) is 0 Å². The van der Waals surface area contributed by atoms with E-state index < -0.39 is 0 Å². The molecule has 0 spiro atoms. The Hall–Kier alpha value is -0.540. The maximum atomic E-state index is 5.85. The summed E-state index contributed by atoms with van der Waals surface area (Å²) < 4.78 is 1.14. The van der Waals surface area contributed by atoms with Gasteiger partial charge in [0.2, 0.25) is 0 Å². The van der Waals surface area contributed by atoms with Gasteiger partial charge < -0.3 is 10.6 Å². The number of benzene rings is 1. The Labute approximate surface area is 106 Å². The lowest BCUT2D eigenvalue weighted by atomic mass is 10.0. The lowest BCUT2D eigenvalue weighted by Crippen LogP contribution is -2.23. The molecule has 0 amide bonds. The van der Waals surface area contributed by atoms with Crippen LogP contribution in [0.1, 0.15) is 19.8 Å². The van der Waals surface area contributed by atoms with E-state index in [2.05, 4.69) is 52.0 Å². The summed E-state index contributed by atoms with van der Waals surface area (Å²) in [5.41, 5.74) is 7.18. The van der Waals surface area contributed by atoms with Crippen molar-refractivity contribution in [3.8, 4) is 0 Å². The van der Waals surface area contributed by atoms with Crippen molar-refractivity contribution >= 4 is 21.6 Å². The Morgan fingerprint density at radius 3 is 2.75 bits per heavy atom. The van der Waals surface area contributed by atoms with E-state index >= 15 is 0 Å². The van der Waals surface area contributed by atoms with Crippen LogP contribution in [0.15, 0.2) is 28.7 Å². The van der Waals surface area contributed by atoms with E-state index in [1.54, 1.807) is 0 Å². The highest BCUT2D eigenvalue weighted by atomic mass is 79.9. The van der Waals surface area contributed by atoms with E-state index in [1.807, 2.05) is 0 Å². The number of hydrogen-bond acceptors (Lipinski definition) is 2. The first-order chi connectivity index (χ1) is 7.65. The second kappa shape index (κ2) is 5.19. The summed E-state index contributed by atoms with van der Waals surface area (Å²) in [6, 6.07) is 8.90. The Balaban J connectivity index is 1.95. The van der Waals surface area contributed by atoms with E-state index in [9.17, 15) is 0 Å². The molecule has 2 atom stereocenters. The molecule has 1 fully saturated rings. The van der Waals surface area contributed by atoms with E-state index in [-0.39, 0.29) is 0 Å². The zero-order valence-corrected chi connectivity index (χ0v) is 11.3. The van der Waals surface area contributed by atoms with E-state index in [1.165, 1.54) is 18.7 Å². The number of hydrogen-bond donors (Lipinski definition) is 1. The molecule has 3 heteroatoms. The molecule has 0 bridgehead atoms. The summed E-state index contributed by atoms with van der Waals surface area (Å²) in [6.07, 6.45) is 2.42. The summed E-state index contributed by atoms with van der Waals surface area (Å²) in [5, 5.41) is 0. The predicted molar refractivity (Wildman–Crippen MR) is 72.7 cm³/mol. The van der Waals surface area contributed by atoms with Crippen LogP contribution in [-0.4, -0.2) is 19.1 Å². The molecule has 2 unspecified atom stereocenters. The molecule has 88 valence electrons. The summed E-state index contributed by atoms with van der Waals surface area (Å²) >= 11 is 3.46. The van der Waals surface area contributed by atoms with Crippen molar-refractivity contribution in [2.24, 2.45) is 11.7 Å². The van der Waals surface area contributed by atoms with Gasteiger partial charge in [-0.05, 0) is 49.9 Å². The van der Waals surface area contributed by atoms with Crippen LogP contribution in [0.5, 0.6) is 0 Å². The lowest BCUT2D eigenvalue weighted by Gasteiger charge is -2.19. The molecule has 1 saturated heterocycles. The molecular formula is C13H19BrN2. The molecule has 0 radical (unpaired) electrons. The number of rotatable bonds is 3. The third kappa shape index (κ3) is 2.98. The second-order valence-corrected chi connectivity index (χ2v) is 5.71. The minimum atomic E-state index is 0.329. The van der Waals surface area contributed by atoms with Crippen LogP contribution in [0.2, 0.25) is 0 Å². The zero-order valence-electron chi connectivity index (χ0n) is 9.70. The van der Waals surface area contributed by atoms with Gasteiger partial charge in [-0.3, -0.25) is 0 Å². The molecule has 0 aromatic heterocycles. The lowest BCUT2D eigenvalue weighted by molar-refractivity contribution is 0.485. The van der Waals surface area contributed by atoms with Crippen molar-refractivity contribution in [3.05, 3.63) is 28.7 Å². The van der Waals surface area contributed by atoms with Crippen molar-refractivity contribution in [2.75, 3.05) is 18.0 Å². The minimum absolute atomic E-state index is 0.329. The van der Waals surface area contributed by atoms with Gasteiger partial charge >= 0.3 is 0 Å². The number of nitrogens with two attached hydrogens (primary N) is 1. The maximum Gasteiger partial charge on any atom is 0.0367 e. The number of anilines is 1. The summed E-state index contributed by atoms with van der Waals surface area (Å²) in [4.78, 5) is 2.46. The highest BCUT2D eigenvalue weighted by Gasteiger charge is 2.23. The van der Waals surface area contributed by atoms with Crippen LogP contribution < -0.4 is 10.6 Å². The number of nitrogens with zero attached hydrogens (tertiary/aromatic N) is 1. The number of halogens is 1. The van der Waals surface area contributed by atoms with Gasteiger partial charge in [-0.1, -0.05) is 15.9 Å². The van der Waals surface area contributed by atoms with Crippen molar-refractivity contribution in [1.82, 2.24) is 0 Å². The predicted octanol–water partition coefficient (Wildman–Crippen LogP) is 3.01. The Morgan fingerprint density at radius 1 is 1.44 bits per heavy atom. The highest BCUT2D eigenvalue weighted by molar-refractivity contribution is 9.10. The molecule has 0 saturated carbocycles. The van der Waals surface area contributed by atoms with Gasteiger partial charge in [-0.2, -0.15) is 0 Å². The second-order valence-electron chi connectivity index (χ2n) is 4.79. The standard InChI is InChI=1S/C13H19BrN2/c1-10(15)8-11-6-7-16(9-11)13-4-2-12(14)3-5-13/h2-5,10-11H,6-9,15H2,1H3. The van der Waals surface area contributed by atoms with Crippen LogP contribution in [-0.2, 0) is 0 Å². The fraction of sp³-hybridized carbons (Fsp3) is 0.538. The molecule has 2 rings (SSSR count). The van der Waals surface area contributed by atoms with Gasteiger partial charge in [0.05, 0.1) is 0 Å². The molecular weight excluding hydrogens is 264 g/mol. The zero-order chi connectivity index (χ0) is 11.5. The van der Waals surface area contributed by atoms with E-state index in [4.69, 9.17) is 5.73 Å². The van der Waals surface area contributed by atoms with Crippen molar-refractivity contribution in [2.45, 2.75) is 25.8 Å². The first-order valence-electron chi connectivity index (χ1n) is 5.91. The maximum absolute atomic E-state index is 5.85. The Bertz CT molecular complexity index is 334. The highest BCUT2D eigenvalue weighted by Crippen LogP contribution is 2.27. The molecule has 1 aliphatic rings. The van der Waals surface area contributed by atoms with Gasteiger partial charge in [0.15, 0.2) is 0 Å². The van der Waals surface area contributed by atoms with Crippen LogP contribution in [0, 0.1) is 5.92 Å².